The first kappa shape index (κ1) is 19.3. The molecule has 2 rings (SSSR count). The zero-order valence-electron chi connectivity index (χ0n) is 14.7. The van der Waals surface area contributed by atoms with Crippen molar-refractivity contribution < 1.29 is 28.5 Å². The molecule has 0 radical (unpaired) electrons. The number of hydrogen-bond acceptors (Lipinski definition) is 5. The van der Waals surface area contributed by atoms with E-state index in [4.69, 9.17) is 14.2 Å². The van der Waals surface area contributed by atoms with E-state index in [1.807, 2.05) is 0 Å². The van der Waals surface area contributed by atoms with Crippen molar-refractivity contribution in [3.63, 3.8) is 0 Å². The second kappa shape index (κ2) is 8.91. The molecular formula is C18H21FN2O5. The van der Waals surface area contributed by atoms with Crippen molar-refractivity contribution in [3.05, 3.63) is 47.8 Å². The van der Waals surface area contributed by atoms with E-state index in [9.17, 15) is 14.3 Å². The lowest BCUT2D eigenvalue weighted by Gasteiger charge is -2.16. The van der Waals surface area contributed by atoms with Gasteiger partial charge in [-0.25, -0.2) is 9.18 Å². The fraction of sp³-hybridized carbons (Fsp3) is 0.278. The summed E-state index contributed by atoms with van der Waals surface area (Å²) in [5.41, 5.74) is 0.924. The highest BCUT2D eigenvalue weighted by Gasteiger charge is 2.15. The second-order valence-corrected chi connectivity index (χ2v) is 5.32. The fourth-order valence-electron chi connectivity index (χ4n) is 2.32. The minimum absolute atomic E-state index is 0.0398. The summed E-state index contributed by atoms with van der Waals surface area (Å²) >= 11 is 0. The van der Waals surface area contributed by atoms with Crippen LogP contribution in [0.1, 0.15) is 11.7 Å². The Labute approximate surface area is 150 Å². The highest BCUT2D eigenvalue weighted by atomic mass is 19.1. The van der Waals surface area contributed by atoms with E-state index < -0.39 is 18.0 Å². The Kier molecular flexibility index (Phi) is 6.62. The number of hydrogen-bond donors (Lipinski definition) is 3. The molecule has 0 spiro atoms. The van der Waals surface area contributed by atoms with Crippen LogP contribution in [0.4, 0.5) is 14.9 Å². The summed E-state index contributed by atoms with van der Waals surface area (Å²) in [4.78, 5) is 12.0. The first-order chi connectivity index (χ1) is 12.5. The third-order valence-electron chi connectivity index (χ3n) is 3.63. The van der Waals surface area contributed by atoms with Gasteiger partial charge in [-0.15, -0.1) is 0 Å². The van der Waals surface area contributed by atoms with Crippen LogP contribution >= 0.6 is 0 Å². The fourth-order valence-corrected chi connectivity index (χ4v) is 2.32. The highest BCUT2D eigenvalue weighted by molar-refractivity contribution is 5.90. The predicted octanol–water partition coefficient (Wildman–Crippen LogP) is 2.71. The summed E-state index contributed by atoms with van der Waals surface area (Å²) in [6, 6.07) is 8.04. The minimum atomic E-state index is -0.957. The van der Waals surface area contributed by atoms with Gasteiger partial charge in [-0.2, -0.15) is 0 Å². The number of halogens is 1. The zero-order valence-corrected chi connectivity index (χ0v) is 14.7. The van der Waals surface area contributed by atoms with E-state index in [1.54, 1.807) is 12.1 Å². The van der Waals surface area contributed by atoms with Gasteiger partial charge in [-0.05, 0) is 17.7 Å². The number of anilines is 1. The van der Waals surface area contributed by atoms with Gasteiger partial charge in [0.25, 0.3) is 0 Å². The number of urea groups is 1. The Morgan fingerprint density at radius 3 is 2.15 bits per heavy atom. The average Bonchev–Trinajstić information content (AvgIpc) is 2.65. The maximum atomic E-state index is 12.9. The molecule has 140 valence electrons. The number of rotatable bonds is 7. The van der Waals surface area contributed by atoms with Crippen molar-refractivity contribution in [2.45, 2.75) is 6.10 Å². The molecule has 0 bridgehead atoms. The summed E-state index contributed by atoms with van der Waals surface area (Å²) in [5, 5.41) is 15.2. The number of benzene rings is 2. The lowest BCUT2D eigenvalue weighted by atomic mass is 10.1. The lowest BCUT2D eigenvalue weighted by Crippen LogP contribution is -2.32. The van der Waals surface area contributed by atoms with Crippen LogP contribution in [0, 0.1) is 5.82 Å². The summed E-state index contributed by atoms with van der Waals surface area (Å²) in [6.45, 7) is -0.0398. The molecule has 0 aliphatic carbocycles. The normalized spacial score (nSPS) is 11.4. The Morgan fingerprint density at radius 2 is 1.65 bits per heavy atom. The molecule has 1 unspecified atom stereocenters. The number of carbonyl (C=O) groups is 1. The van der Waals surface area contributed by atoms with Crippen LogP contribution in [0.3, 0.4) is 0 Å². The number of amides is 2. The predicted molar refractivity (Wildman–Crippen MR) is 94.5 cm³/mol. The molecule has 0 aliphatic rings. The first-order valence-corrected chi connectivity index (χ1v) is 7.76. The second-order valence-electron chi connectivity index (χ2n) is 5.32. The van der Waals surface area contributed by atoms with Crippen molar-refractivity contribution in [3.8, 4) is 17.2 Å². The Balaban J connectivity index is 2.00. The quantitative estimate of drug-likeness (QED) is 0.703. The SMILES string of the molecule is COc1cc(NC(=O)NCC(O)c2ccc(F)cc2)cc(OC)c1OC. The number of carbonyl (C=O) groups excluding carboxylic acids is 1. The maximum absolute atomic E-state index is 12.9. The van der Waals surface area contributed by atoms with Gasteiger partial charge in [-0.3, -0.25) is 0 Å². The van der Waals surface area contributed by atoms with Gasteiger partial charge < -0.3 is 30.0 Å². The molecule has 2 aromatic rings. The van der Waals surface area contributed by atoms with Crippen molar-refractivity contribution >= 4 is 11.7 Å². The molecule has 0 fully saturated rings. The minimum Gasteiger partial charge on any atom is -0.493 e. The van der Waals surface area contributed by atoms with E-state index in [1.165, 1.54) is 45.6 Å². The van der Waals surface area contributed by atoms with Gasteiger partial charge in [0.1, 0.15) is 5.82 Å². The molecule has 8 heteroatoms. The third-order valence-corrected chi connectivity index (χ3v) is 3.63. The highest BCUT2D eigenvalue weighted by Crippen LogP contribution is 2.39. The Morgan fingerprint density at radius 1 is 1.08 bits per heavy atom. The molecular weight excluding hydrogens is 343 g/mol. The molecule has 0 saturated heterocycles. The maximum Gasteiger partial charge on any atom is 0.319 e. The molecule has 1 atom stereocenters. The average molecular weight is 364 g/mol. The molecule has 0 aromatic heterocycles. The number of aliphatic hydroxyl groups excluding tert-OH is 1. The summed E-state index contributed by atoms with van der Waals surface area (Å²) in [7, 11) is 4.43. The largest absolute Gasteiger partial charge is 0.493 e. The molecule has 2 amide bonds. The third kappa shape index (κ3) is 4.76. The zero-order chi connectivity index (χ0) is 19.1. The molecule has 0 aliphatic heterocycles. The molecule has 0 heterocycles. The Bertz CT molecular complexity index is 727. The van der Waals surface area contributed by atoms with Crippen molar-refractivity contribution in [1.29, 1.82) is 0 Å². The van der Waals surface area contributed by atoms with Crippen molar-refractivity contribution in [2.75, 3.05) is 33.2 Å². The summed E-state index contributed by atoms with van der Waals surface area (Å²) in [6.07, 6.45) is -0.957. The van der Waals surface area contributed by atoms with Gasteiger partial charge >= 0.3 is 6.03 Å². The van der Waals surface area contributed by atoms with Crippen molar-refractivity contribution in [2.24, 2.45) is 0 Å². The molecule has 7 nitrogen and oxygen atoms in total. The molecule has 26 heavy (non-hydrogen) atoms. The van der Waals surface area contributed by atoms with Crippen LogP contribution in [-0.4, -0.2) is 39.0 Å². The lowest BCUT2D eigenvalue weighted by molar-refractivity contribution is 0.175. The van der Waals surface area contributed by atoms with Gasteiger partial charge in [-0.1, -0.05) is 12.1 Å². The summed E-state index contributed by atoms with van der Waals surface area (Å²) in [5.74, 6) is 0.809. The topological polar surface area (TPSA) is 89.1 Å². The number of aliphatic hydroxyl groups is 1. The Hall–Kier alpha value is -3.00. The van der Waals surface area contributed by atoms with Crippen LogP contribution in [0.2, 0.25) is 0 Å². The molecule has 3 N–H and O–H groups in total. The van der Waals surface area contributed by atoms with E-state index in [0.29, 0.717) is 28.5 Å². The molecule has 0 saturated carbocycles. The standard InChI is InChI=1S/C18H21FN2O5/c1-24-15-8-13(9-16(25-2)17(15)26-3)21-18(23)20-10-14(22)11-4-6-12(19)7-5-11/h4-9,14,22H,10H2,1-3H3,(H2,20,21,23). The van der Waals surface area contributed by atoms with Crippen LogP contribution in [0.15, 0.2) is 36.4 Å². The number of ether oxygens (including phenoxy) is 3. The van der Waals surface area contributed by atoms with E-state index in [2.05, 4.69) is 10.6 Å². The monoisotopic (exact) mass is 364 g/mol. The number of methoxy groups -OCH3 is 3. The van der Waals surface area contributed by atoms with E-state index in [0.717, 1.165) is 0 Å². The van der Waals surface area contributed by atoms with Crippen LogP contribution in [0.5, 0.6) is 17.2 Å². The van der Waals surface area contributed by atoms with E-state index in [-0.39, 0.29) is 6.54 Å². The van der Waals surface area contributed by atoms with Crippen LogP contribution in [0.25, 0.3) is 0 Å². The van der Waals surface area contributed by atoms with Gasteiger partial charge in [0, 0.05) is 18.7 Å². The van der Waals surface area contributed by atoms with Gasteiger partial charge in [0.2, 0.25) is 5.75 Å². The van der Waals surface area contributed by atoms with Crippen LogP contribution < -0.4 is 24.8 Å². The van der Waals surface area contributed by atoms with Gasteiger partial charge in [0.15, 0.2) is 11.5 Å². The first-order valence-electron chi connectivity index (χ1n) is 7.76. The number of nitrogens with one attached hydrogen (secondary N) is 2. The molecule has 2 aromatic carbocycles. The summed E-state index contributed by atoms with van der Waals surface area (Å²) < 4.78 is 28.5. The van der Waals surface area contributed by atoms with Crippen molar-refractivity contribution in [1.82, 2.24) is 5.32 Å². The van der Waals surface area contributed by atoms with Crippen LogP contribution in [-0.2, 0) is 0 Å². The smallest absolute Gasteiger partial charge is 0.319 e. The van der Waals surface area contributed by atoms with E-state index >= 15 is 0 Å². The van der Waals surface area contributed by atoms with Gasteiger partial charge in [0.05, 0.1) is 33.1 Å².